The summed E-state index contributed by atoms with van der Waals surface area (Å²) >= 11 is 0. The van der Waals surface area contributed by atoms with Crippen molar-refractivity contribution in [2.24, 2.45) is 0 Å². The van der Waals surface area contributed by atoms with Gasteiger partial charge in [-0.3, -0.25) is 0 Å². The van der Waals surface area contributed by atoms with Crippen molar-refractivity contribution in [1.29, 1.82) is 0 Å². The molecule has 0 aliphatic carbocycles. The van der Waals surface area contributed by atoms with Crippen LogP contribution in [0.25, 0.3) is 33.7 Å². The van der Waals surface area contributed by atoms with Crippen LogP contribution in [0, 0.1) is 0 Å². The minimum atomic E-state index is 0.140. The van der Waals surface area contributed by atoms with Crippen LogP contribution in [0.5, 0.6) is 17.2 Å². The Labute approximate surface area is 161 Å². The molecule has 0 fully saturated rings. The Bertz CT molecular complexity index is 1100. The van der Waals surface area contributed by atoms with Crippen LogP contribution < -0.4 is 19.9 Å². The number of aromatic nitrogens is 2. The van der Waals surface area contributed by atoms with E-state index in [0.717, 1.165) is 16.5 Å². The van der Waals surface area contributed by atoms with Crippen molar-refractivity contribution >= 4 is 16.9 Å². The maximum Gasteiger partial charge on any atom is 0.221 e. The number of rotatable bonds is 5. The highest BCUT2D eigenvalue weighted by atomic mass is 16.5. The van der Waals surface area contributed by atoms with Gasteiger partial charge in [-0.1, -0.05) is 18.2 Å². The third-order valence-corrected chi connectivity index (χ3v) is 4.38. The molecule has 0 saturated carbocycles. The van der Waals surface area contributed by atoms with Crippen LogP contribution in [0.2, 0.25) is 0 Å². The third kappa shape index (κ3) is 3.07. The summed E-state index contributed by atoms with van der Waals surface area (Å²) in [5.74, 6) is 2.32. The van der Waals surface area contributed by atoms with E-state index in [2.05, 4.69) is 9.97 Å². The molecule has 0 saturated heterocycles. The maximum atomic E-state index is 5.97. The van der Waals surface area contributed by atoms with Crippen LogP contribution in [0.3, 0.4) is 0 Å². The Balaban J connectivity index is 1.85. The molecule has 2 aromatic carbocycles. The lowest BCUT2D eigenvalue weighted by molar-refractivity contribution is 0.324. The first kappa shape index (κ1) is 17.7. The molecule has 2 N–H and O–H groups in total. The number of nitrogens with two attached hydrogens (primary N) is 1. The highest BCUT2D eigenvalue weighted by Gasteiger charge is 2.17. The van der Waals surface area contributed by atoms with E-state index in [9.17, 15) is 0 Å². The van der Waals surface area contributed by atoms with Crippen molar-refractivity contribution in [1.82, 2.24) is 9.97 Å². The van der Waals surface area contributed by atoms with Crippen LogP contribution in [0.15, 0.2) is 52.9 Å². The number of ether oxygens (including phenoxy) is 3. The van der Waals surface area contributed by atoms with Gasteiger partial charge in [0, 0.05) is 10.9 Å². The molecule has 0 bridgehead atoms. The first-order valence-electron chi connectivity index (χ1n) is 8.57. The molecular weight excluding hydrogens is 358 g/mol. The Morgan fingerprint density at radius 1 is 0.821 bits per heavy atom. The quantitative estimate of drug-likeness (QED) is 0.558. The normalized spacial score (nSPS) is 10.8. The van der Waals surface area contributed by atoms with Gasteiger partial charge in [-0.15, -0.1) is 0 Å². The summed E-state index contributed by atoms with van der Waals surface area (Å²) in [4.78, 5) is 8.69. The minimum Gasteiger partial charge on any atom is -0.493 e. The number of benzene rings is 2. The molecule has 0 unspecified atom stereocenters. The first-order chi connectivity index (χ1) is 13.6. The van der Waals surface area contributed by atoms with Gasteiger partial charge in [0.15, 0.2) is 17.3 Å². The average molecular weight is 377 g/mol. The van der Waals surface area contributed by atoms with E-state index in [0.29, 0.717) is 34.4 Å². The largest absolute Gasteiger partial charge is 0.493 e. The van der Waals surface area contributed by atoms with Gasteiger partial charge in [0.1, 0.15) is 11.3 Å². The Morgan fingerprint density at radius 2 is 1.50 bits per heavy atom. The molecule has 2 aromatic heterocycles. The molecule has 2 heterocycles. The van der Waals surface area contributed by atoms with Crippen molar-refractivity contribution in [3.05, 3.63) is 48.5 Å². The van der Waals surface area contributed by atoms with Crippen LogP contribution >= 0.6 is 0 Å². The molecule has 4 aromatic rings. The average Bonchev–Trinajstić information content (AvgIpc) is 3.16. The topological polar surface area (TPSA) is 92.6 Å². The number of nitrogen functional groups attached to an aromatic ring is 1. The van der Waals surface area contributed by atoms with Crippen LogP contribution in [0.4, 0.5) is 5.95 Å². The standard InChI is InChI=1S/C21H19N3O4/c1-25-18-9-13(10-19(26-2)20(18)27-3)14-11-15(24-21(22)23-14)17-8-12-6-4-5-7-16(12)28-17/h4-11H,1-3H3,(H2,22,23,24). The SMILES string of the molecule is COc1cc(-c2cc(-c3cc4ccccc4o3)nc(N)n2)cc(OC)c1OC. The van der Waals surface area contributed by atoms with Gasteiger partial charge in [0.05, 0.1) is 27.0 Å². The highest BCUT2D eigenvalue weighted by molar-refractivity contribution is 5.83. The number of hydrogen-bond donors (Lipinski definition) is 1. The fourth-order valence-electron chi connectivity index (χ4n) is 3.08. The summed E-state index contributed by atoms with van der Waals surface area (Å²) in [6, 6.07) is 15.1. The molecule has 0 aliphatic heterocycles. The predicted molar refractivity (Wildman–Crippen MR) is 107 cm³/mol. The van der Waals surface area contributed by atoms with Crippen molar-refractivity contribution < 1.29 is 18.6 Å². The Hall–Kier alpha value is -3.74. The molecule has 0 atom stereocenters. The van der Waals surface area contributed by atoms with Crippen molar-refractivity contribution in [2.45, 2.75) is 0 Å². The molecule has 0 amide bonds. The molecule has 28 heavy (non-hydrogen) atoms. The fourth-order valence-corrected chi connectivity index (χ4v) is 3.08. The molecule has 4 rings (SSSR count). The van der Waals surface area contributed by atoms with Gasteiger partial charge in [-0.05, 0) is 30.3 Å². The lowest BCUT2D eigenvalue weighted by atomic mass is 10.1. The number of para-hydroxylation sites is 1. The summed E-state index contributed by atoms with van der Waals surface area (Å²) in [6.45, 7) is 0. The van der Waals surface area contributed by atoms with Gasteiger partial charge in [-0.2, -0.15) is 0 Å². The number of fused-ring (bicyclic) bond motifs is 1. The zero-order chi connectivity index (χ0) is 19.7. The van der Waals surface area contributed by atoms with Crippen molar-refractivity contribution in [3.8, 4) is 40.0 Å². The molecule has 142 valence electrons. The number of methoxy groups -OCH3 is 3. The number of hydrogen-bond acceptors (Lipinski definition) is 7. The summed E-state index contributed by atoms with van der Waals surface area (Å²) in [5, 5.41) is 0.990. The number of anilines is 1. The predicted octanol–water partition coefficient (Wildman–Crippen LogP) is 4.16. The molecule has 7 heteroatoms. The van der Waals surface area contributed by atoms with E-state index in [-0.39, 0.29) is 5.95 Å². The zero-order valence-corrected chi connectivity index (χ0v) is 15.7. The van der Waals surface area contributed by atoms with Gasteiger partial charge in [0.2, 0.25) is 11.7 Å². The summed E-state index contributed by atoms with van der Waals surface area (Å²) in [6.07, 6.45) is 0. The van der Waals surface area contributed by atoms with Crippen LogP contribution in [-0.4, -0.2) is 31.3 Å². The fraction of sp³-hybridized carbons (Fsp3) is 0.143. The van der Waals surface area contributed by atoms with Crippen molar-refractivity contribution in [2.75, 3.05) is 27.1 Å². The third-order valence-electron chi connectivity index (χ3n) is 4.38. The second-order valence-electron chi connectivity index (χ2n) is 6.06. The summed E-state index contributed by atoms with van der Waals surface area (Å²) < 4.78 is 22.1. The molecule has 0 radical (unpaired) electrons. The lowest BCUT2D eigenvalue weighted by Gasteiger charge is -2.14. The monoisotopic (exact) mass is 377 g/mol. The first-order valence-corrected chi connectivity index (χ1v) is 8.57. The van der Waals surface area contributed by atoms with E-state index >= 15 is 0 Å². The number of nitrogens with zero attached hydrogens (tertiary/aromatic N) is 2. The molecule has 0 aliphatic rings. The van der Waals surface area contributed by atoms with Gasteiger partial charge >= 0.3 is 0 Å². The van der Waals surface area contributed by atoms with Gasteiger partial charge < -0.3 is 24.4 Å². The zero-order valence-electron chi connectivity index (χ0n) is 15.7. The van der Waals surface area contributed by atoms with Gasteiger partial charge in [0.25, 0.3) is 0 Å². The number of furan rings is 1. The summed E-state index contributed by atoms with van der Waals surface area (Å²) in [7, 11) is 4.69. The highest BCUT2D eigenvalue weighted by Crippen LogP contribution is 2.41. The Morgan fingerprint density at radius 3 is 2.14 bits per heavy atom. The van der Waals surface area contributed by atoms with E-state index < -0.39 is 0 Å². The smallest absolute Gasteiger partial charge is 0.221 e. The molecular formula is C21H19N3O4. The second-order valence-corrected chi connectivity index (χ2v) is 6.06. The van der Waals surface area contributed by atoms with Gasteiger partial charge in [-0.25, -0.2) is 9.97 Å². The van der Waals surface area contributed by atoms with E-state index in [1.807, 2.05) is 48.5 Å². The van der Waals surface area contributed by atoms with E-state index in [1.54, 1.807) is 21.3 Å². The van der Waals surface area contributed by atoms with Crippen molar-refractivity contribution in [3.63, 3.8) is 0 Å². The van der Waals surface area contributed by atoms with Crippen LogP contribution in [-0.2, 0) is 0 Å². The van der Waals surface area contributed by atoms with Crippen LogP contribution in [0.1, 0.15) is 0 Å². The maximum absolute atomic E-state index is 5.97. The summed E-state index contributed by atoms with van der Waals surface area (Å²) in [5.41, 5.74) is 8.71. The molecule has 0 spiro atoms. The minimum absolute atomic E-state index is 0.140. The second kappa shape index (κ2) is 7.11. The molecule has 7 nitrogen and oxygen atoms in total. The lowest BCUT2D eigenvalue weighted by Crippen LogP contribution is -2.00. The van der Waals surface area contributed by atoms with E-state index in [1.165, 1.54) is 0 Å². The van der Waals surface area contributed by atoms with E-state index in [4.69, 9.17) is 24.4 Å². The Kier molecular flexibility index (Phi) is 4.49.